The van der Waals surface area contributed by atoms with Crippen molar-refractivity contribution in [2.24, 2.45) is 11.8 Å². The predicted molar refractivity (Wildman–Crippen MR) is 76.3 cm³/mol. The van der Waals surface area contributed by atoms with Crippen molar-refractivity contribution >= 4 is 5.91 Å². The molecule has 1 heterocycles. The molecule has 0 saturated carbocycles. The largest absolute Gasteiger partial charge is 0.299 e. The summed E-state index contributed by atoms with van der Waals surface area (Å²) in [4.78, 5) is 14.4. The number of hydrogen-bond donors (Lipinski definition) is 2. The minimum absolute atomic E-state index is 0.113. The van der Waals surface area contributed by atoms with Gasteiger partial charge >= 0.3 is 0 Å². The van der Waals surface area contributed by atoms with E-state index in [-0.39, 0.29) is 11.8 Å². The van der Waals surface area contributed by atoms with E-state index >= 15 is 0 Å². The SMILES string of the molecule is CC1CC(C)N(CC(C(=O)NN)c2ccccc2)C1. The first-order valence-electron chi connectivity index (χ1n) is 6.91. The van der Waals surface area contributed by atoms with Crippen LogP contribution in [0, 0.1) is 5.92 Å². The fourth-order valence-corrected chi connectivity index (χ4v) is 3.00. The van der Waals surface area contributed by atoms with Crippen LogP contribution >= 0.6 is 0 Å². The number of hydrazine groups is 1. The Bertz CT molecular complexity index is 421. The highest BCUT2D eigenvalue weighted by Crippen LogP contribution is 2.26. The second-order valence-electron chi connectivity index (χ2n) is 5.62. The molecule has 0 bridgehead atoms. The third-order valence-electron chi connectivity index (χ3n) is 3.99. The van der Waals surface area contributed by atoms with Gasteiger partial charge in [0.15, 0.2) is 0 Å². The second-order valence-corrected chi connectivity index (χ2v) is 5.62. The Hall–Kier alpha value is -1.39. The molecule has 1 aromatic rings. The first kappa shape index (κ1) is 14.0. The van der Waals surface area contributed by atoms with Gasteiger partial charge in [0, 0.05) is 19.1 Å². The molecule has 3 unspecified atom stereocenters. The van der Waals surface area contributed by atoms with Crippen LogP contribution in [0.5, 0.6) is 0 Å². The molecular formula is C15H23N3O. The van der Waals surface area contributed by atoms with Crippen LogP contribution in [0.4, 0.5) is 0 Å². The Morgan fingerprint density at radius 3 is 2.63 bits per heavy atom. The van der Waals surface area contributed by atoms with E-state index in [1.54, 1.807) is 0 Å². The van der Waals surface area contributed by atoms with Crippen molar-refractivity contribution in [2.75, 3.05) is 13.1 Å². The summed E-state index contributed by atoms with van der Waals surface area (Å²) >= 11 is 0. The summed E-state index contributed by atoms with van der Waals surface area (Å²) in [5.41, 5.74) is 3.32. The third kappa shape index (κ3) is 3.33. The van der Waals surface area contributed by atoms with Gasteiger partial charge in [-0.25, -0.2) is 5.84 Å². The van der Waals surface area contributed by atoms with Crippen LogP contribution in [0.2, 0.25) is 0 Å². The first-order valence-corrected chi connectivity index (χ1v) is 6.91. The first-order chi connectivity index (χ1) is 9.11. The van der Waals surface area contributed by atoms with Gasteiger partial charge in [-0.3, -0.25) is 15.1 Å². The summed E-state index contributed by atoms with van der Waals surface area (Å²) in [5, 5.41) is 0. The fourth-order valence-electron chi connectivity index (χ4n) is 3.00. The third-order valence-corrected chi connectivity index (χ3v) is 3.99. The summed E-state index contributed by atoms with van der Waals surface area (Å²) in [6.07, 6.45) is 1.20. The number of rotatable bonds is 4. The zero-order valence-corrected chi connectivity index (χ0v) is 11.7. The van der Waals surface area contributed by atoms with E-state index in [1.807, 2.05) is 30.3 Å². The number of nitrogens with one attached hydrogen (secondary N) is 1. The number of carbonyl (C=O) groups excluding carboxylic acids is 1. The maximum Gasteiger partial charge on any atom is 0.242 e. The second kappa shape index (κ2) is 6.17. The van der Waals surface area contributed by atoms with Crippen LogP contribution in [0.25, 0.3) is 0 Å². The Kier molecular flexibility index (Phi) is 4.56. The predicted octanol–water partition coefficient (Wildman–Crippen LogP) is 1.49. The highest BCUT2D eigenvalue weighted by molar-refractivity contribution is 5.83. The monoisotopic (exact) mass is 261 g/mol. The van der Waals surface area contributed by atoms with Gasteiger partial charge in [-0.1, -0.05) is 37.3 Å². The Balaban J connectivity index is 2.13. The van der Waals surface area contributed by atoms with Crippen LogP contribution in [-0.4, -0.2) is 29.9 Å². The lowest BCUT2D eigenvalue weighted by atomic mass is 9.97. The van der Waals surface area contributed by atoms with Crippen molar-refractivity contribution in [1.82, 2.24) is 10.3 Å². The summed E-state index contributed by atoms with van der Waals surface area (Å²) in [7, 11) is 0. The number of nitrogens with zero attached hydrogens (tertiary/aromatic N) is 1. The molecule has 1 aliphatic rings. The molecule has 3 atom stereocenters. The van der Waals surface area contributed by atoms with E-state index in [1.165, 1.54) is 6.42 Å². The van der Waals surface area contributed by atoms with Gasteiger partial charge in [0.2, 0.25) is 5.91 Å². The molecule has 1 amide bonds. The van der Waals surface area contributed by atoms with Crippen molar-refractivity contribution in [1.29, 1.82) is 0 Å². The molecule has 0 radical (unpaired) electrons. The maximum absolute atomic E-state index is 12.0. The highest BCUT2D eigenvalue weighted by atomic mass is 16.2. The molecule has 3 N–H and O–H groups in total. The minimum Gasteiger partial charge on any atom is -0.299 e. The molecule has 1 aliphatic heterocycles. The van der Waals surface area contributed by atoms with E-state index < -0.39 is 0 Å². The van der Waals surface area contributed by atoms with Gasteiger partial charge in [0.25, 0.3) is 0 Å². The molecule has 4 heteroatoms. The molecule has 0 spiro atoms. The van der Waals surface area contributed by atoms with Gasteiger partial charge in [0.05, 0.1) is 5.92 Å². The molecule has 2 rings (SSSR count). The van der Waals surface area contributed by atoms with Crippen molar-refractivity contribution in [3.05, 3.63) is 35.9 Å². The smallest absolute Gasteiger partial charge is 0.242 e. The minimum atomic E-state index is -0.195. The topological polar surface area (TPSA) is 58.4 Å². The molecule has 1 saturated heterocycles. The molecule has 0 aliphatic carbocycles. The normalized spacial score (nSPS) is 25.2. The summed E-state index contributed by atoms with van der Waals surface area (Å²) in [5.74, 6) is 5.72. The Labute approximate surface area is 114 Å². The molecule has 4 nitrogen and oxygen atoms in total. The quantitative estimate of drug-likeness (QED) is 0.490. The van der Waals surface area contributed by atoms with E-state index in [9.17, 15) is 4.79 Å². The van der Waals surface area contributed by atoms with E-state index in [0.29, 0.717) is 12.0 Å². The van der Waals surface area contributed by atoms with Gasteiger partial charge in [-0.05, 0) is 24.8 Å². The number of benzene rings is 1. The van der Waals surface area contributed by atoms with Gasteiger partial charge in [0.1, 0.15) is 0 Å². The van der Waals surface area contributed by atoms with Crippen LogP contribution in [0.15, 0.2) is 30.3 Å². The average molecular weight is 261 g/mol. The van der Waals surface area contributed by atoms with E-state index in [2.05, 4.69) is 24.2 Å². The number of hydrogen-bond acceptors (Lipinski definition) is 3. The van der Waals surface area contributed by atoms with Crippen molar-refractivity contribution in [2.45, 2.75) is 32.2 Å². The zero-order chi connectivity index (χ0) is 13.8. The standard InChI is InChI=1S/C15H23N3O/c1-11-8-12(2)18(9-11)10-14(15(19)17-16)13-6-4-3-5-7-13/h3-7,11-12,14H,8-10,16H2,1-2H3,(H,17,19). The average Bonchev–Trinajstić information content (AvgIpc) is 2.74. The van der Waals surface area contributed by atoms with Crippen LogP contribution in [0.1, 0.15) is 31.7 Å². The van der Waals surface area contributed by atoms with Gasteiger partial charge < -0.3 is 0 Å². The molecule has 1 aromatic carbocycles. The molecule has 104 valence electrons. The number of carbonyl (C=O) groups is 1. The van der Waals surface area contributed by atoms with Gasteiger partial charge in [-0.2, -0.15) is 0 Å². The number of amides is 1. The zero-order valence-electron chi connectivity index (χ0n) is 11.7. The Morgan fingerprint density at radius 2 is 2.11 bits per heavy atom. The van der Waals surface area contributed by atoms with Crippen LogP contribution in [-0.2, 0) is 4.79 Å². The molecule has 1 fully saturated rings. The number of likely N-dealkylation sites (tertiary alicyclic amines) is 1. The Morgan fingerprint density at radius 1 is 1.42 bits per heavy atom. The molecular weight excluding hydrogens is 238 g/mol. The van der Waals surface area contributed by atoms with Crippen molar-refractivity contribution in [3.8, 4) is 0 Å². The van der Waals surface area contributed by atoms with Crippen LogP contribution in [0.3, 0.4) is 0 Å². The summed E-state index contributed by atoms with van der Waals surface area (Å²) in [6, 6.07) is 10.4. The summed E-state index contributed by atoms with van der Waals surface area (Å²) < 4.78 is 0. The van der Waals surface area contributed by atoms with Crippen molar-refractivity contribution in [3.63, 3.8) is 0 Å². The fraction of sp³-hybridized carbons (Fsp3) is 0.533. The van der Waals surface area contributed by atoms with Crippen molar-refractivity contribution < 1.29 is 4.79 Å². The highest BCUT2D eigenvalue weighted by Gasteiger charge is 2.30. The number of nitrogens with two attached hydrogens (primary N) is 1. The van der Waals surface area contributed by atoms with E-state index in [4.69, 9.17) is 5.84 Å². The lowest BCUT2D eigenvalue weighted by molar-refractivity contribution is -0.123. The lowest BCUT2D eigenvalue weighted by Gasteiger charge is -2.26. The maximum atomic E-state index is 12.0. The van der Waals surface area contributed by atoms with Gasteiger partial charge in [-0.15, -0.1) is 0 Å². The molecule has 19 heavy (non-hydrogen) atoms. The lowest BCUT2D eigenvalue weighted by Crippen LogP contribution is -2.41. The van der Waals surface area contributed by atoms with Crippen LogP contribution < -0.4 is 11.3 Å². The molecule has 0 aromatic heterocycles. The summed E-state index contributed by atoms with van der Waals surface area (Å²) in [6.45, 7) is 6.28. The van der Waals surface area contributed by atoms with E-state index in [0.717, 1.165) is 18.7 Å².